The number of aromatic amines is 1. The van der Waals surface area contributed by atoms with Gasteiger partial charge in [-0.25, -0.2) is 9.55 Å². The Hall–Kier alpha value is 0.1000. The molecule has 3 rings (SSSR count). The summed E-state index contributed by atoms with van der Waals surface area (Å²) in [7, 11) is -4.76. The van der Waals surface area contributed by atoms with Gasteiger partial charge in [0, 0.05) is 0 Å². The standard InChI is InChI=1S/C10H14N5O8P.2Na.H2O.2H/c11-10-13-7-4(8(18)14-10)12-2-15(7)9-6(17)5(16)3(23-9)1-22-24(19,20)21;;;;;/h2-3,5-6,9,16-17H,1H2,(H2,19,20,21)(H3,11,13,14,18);;;1H2;;/t3-,5-,6-,9-;;;;;/m1...../s1. The Bertz CT molecular complexity index is 872. The molecule has 0 amide bonds. The van der Waals surface area contributed by atoms with Crippen LogP contribution >= 0.6 is 7.82 Å². The van der Waals surface area contributed by atoms with E-state index in [1.54, 1.807) is 0 Å². The first-order valence-corrected chi connectivity index (χ1v) is 8.14. The van der Waals surface area contributed by atoms with Crippen molar-refractivity contribution >= 4 is 84.0 Å². The third-order valence-corrected chi connectivity index (χ3v) is 3.95. The molecule has 4 atom stereocenters. The van der Waals surface area contributed by atoms with Gasteiger partial charge >= 0.3 is 66.9 Å². The maximum absolute atomic E-state index is 11.7. The van der Waals surface area contributed by atoms with E-state index in [2.05, 4.69) is 19.5 Å². The first kappa shape index (κ1) is 27.1. The van der Waals surface area contributed by atoms with Crippen LogP contribution in [0.1, 0.15) is 6.23 Å². The topological polar surface area (TPSA) is 238 Å². The van der Waals surface area contributed by atoms with Crippen molar-refractivity contribution in [3.05, 3.63) is 16.7 Å². The van der Waals surface area contributed by atoms with E-state index in [0.29, 0.717) is 0 Å². The SMILES string of the molecule is Nc1nc2c(ncn2[C@@H]2O[C@H](COP(=O)(O)O)[C@@H](O)[C@H]2O)c(=O)[nH]1.O.[NaH].[NaH]. The van der Waals surface area contributed by atoms with Crippen molar-refractivity contribution in [1.29, 1.82) is 0 Å². The number of nitrogen functional groups attached to an aromatic ring is 1. The molecule has 9 N–H and O–H groups in total. The summed E-state index contributed by atoms with van der Waals surface area (Å²) in [6, 6.07) is 0. The summed E-state index contributed by atoms with van der Waals surface area (Å²) in [5, 5.41) is 20.1. The quantitative estimate of drug-likeness (QED) is 0.199. The maximum atomic E-state index is 11.7. The van der Waals surface area contributed by atoms with Gasteiger partial charge in [-0.2, -0.15) is 4.98 Å². The van der Waals surface area contributed by atoms with Gasteiger partial charge in [0.2, 0.25) is 5.95 Å². The van der Waals surface area contributed by atoms with Crippen molar-refractivity contribution in [1.82, 2.24) is 19.5 Å². The molecule has 0 bridgehead atoms. The number of rotatable bonds is 4. The second kappa shape index (κ2) is 10.2. The summed E-state index contributed by atoms with van der Waals surface area (Å²) >= 11 is 0. The van der Waals surface area contributed by atoms with Gasteiger partial charge in [0.15, 0.2) is 17.4 Å². The van der Waals surface area contributed by atoms with E-state index in [-0.39, 0.29) is 81.7 Å². The zero-order chi connectivity index (χ0) is 17.6. The number of hydrogen-bond donors (Lipinski definition) is 6. The summed E-state index contributed by atoms with van der Waals surface area (Å²) in [5.41, 5.74) is 4.84. The minimum absolute atomic E-state index is 0. The third-order valence-electron chi connectivity index (χ3n) is 3.47. The van der Waals surface area contributed by atoms with Crippen LogP contribution in [0.15, 0.2) is 11.1 Å². The fraction of sp³-hybridized carbons (Fsp3) is 0.500. The number of anilines is 1. The van der Waals surface area contributed by atoms with Crippen LogP contribution in [-0.2, 0) is 13.8 Å². The number of aliphatic hydroxyl groups is 2. The molecule has 144 valence electrons. The van der Waals surface area contributed by atoms with Gasteiger partial charge in [-0.15, -0.1) is 0 Å². The number of aliphatic hydroxyl groups excluding tert-OH is 2. The van der Waals surface area contributed by atoms with E-state index < -0.39 is 44.5 Å². The first-order chi connectivity index (χ1) is 11.2. The van der Waals surface area contributed by atoms with Gasteiger partial charge in [0.05, 0.1) is 12.9 Å². The fourth-order valence-electron chi connectivity index (χ4n) is 2.40. The Morgan fingerprint density at radius 1 is 1.33 bits per heavy atom. The van der Waals surface area contributed by atoms with Gasteiger partial charge in [0.25, 0.3) is 5.56 Å². The molecule has 14 nitrogen and oxygen atoms in total. The van der Waals surface area contributed by atoms with Crippen molar-refractivity contribution in [2.24, 2.45) is 0 Å². The normalized spacial score (nSPS) is 24.7. The Morgan fingerprint density at radius 2 is 1.96 bits per heavy atom. The van der Waals surface area contributed by atoms with E-state index in [1.165, 1.54) is 10.9 Å². The molecule has 1 saturated heterocycles. The van der Waals surface area contributed by atoms with Crippen LogP contribution in [0.2, 0.25) is 0 Å². The fourth-order valence-corrected chi connectivity index (χ4v) is 2.74. The van der Waals surface area contributed by atoms with Crippen LogP contribution in [0.25, 0.3) is 11.2 Å². The number of ether oxygens (including phenoxy) is 1. The zero-order valence-corrected chi connectivity index (χ0v) is 13.3. The van der Waals surface area contributed by atoms with Crippen LogP contribution in [-0.4, -0.2) is 129 Å². The van der Waals surface area contributed by atoms with Gasteiger partial charge in [-0.05, 0) is 0 Å². The molecular weight excluding hydrogens is 411 g/mol. The molecule has 2 aromatic heterocycles. The average Bonchev–Trinajstić information content (AvgIpc) is 3.00. The Kier molecular flexibility index (Phi) is 10.3. The Morgan fingerprint density at radius 3 is 2.56 bits per heavy atom. The van der Waals surface area contributed by atoms with Gasteiger partial charge in [0.1, 0.15) is 18.3 Å². The van der Waals surface area contributed by atoms with E-state index in [1.807, 2.05) is 0 Å². The second-order valence-electron chi connectivity index (χ2n) is 5.11. The predicted molar refractivity (Wildman–Crippen MR) is 94.4 cm³/mol. The van der Waals surface area contributed by atoms with Gasteiger partial charge < -0.3 is 35.9 Å². The van der Waals surface area contributed by atoms with Crippen molar-refractivity contribution in [3.8, 4) is 0 Å². The van der Waals surface area contributed by atoms with Crippen LogP contribution in [0.3, 0.4) is 0 Å². The summed E-state index contributed by atoms with van der Waals surface area (Å²) in [4.78, 5) is 39.1. The molecule has 0 unspecified atom stereocenters. The zero-order valence-electron chi connectivity index (χ0n) is 12.4. The number of nitrogens with zero attached hydrogens (tertiary/aromatic N) is 3. The molecule has 0 spiro atoms. The molecule has 0 saturated carbocycles. The molecule has 0 aromatic carbocycles. The van der Waals surface area contributed by atoms with Gasteiger partial charge in [-0.1, -0.05) is 0 Å². The summed E-state index contributed by atoms with van der Waals surface area (Å²) in [5.74, 6) is -0.177. The average molecular weight is 429 g/mol. The Labute approximate surface area is 195 Å². The molecule has 3 heterocycles. The molecule has 0 radical (unpaired) electrons. The molecular formula is C10H18N5Na2O9P. The third kappa shape index (κ3) is 5.81. The number of phosphoric acid groups is 1. The van der Waals surface area contributed by atoms with E-state index in [4.69, 9.17) is 20.3 Å². The van der Waals surface area contributed by atoms with Crippen LogP contribution in [0.4, 0.5) is 5.95 Å². The molecule has 0 aliphatic carbocycles. The van der Waals surface area contributed by atoms with Crippen molar-refractivity contribution < 1.29 is 39.3 Å². The van der Waals surface area contributed by atoms with E-state index >= 15 is 0 Å². The van der Waals surface area contributed by atoms with Crippen molar-refractivity contribution in [2.45, 2.75) is 24.5 Å². The monoisotopic (exact) mass is 429 g/mol. The number of imidazole rings is 1. The number of fused-ring (bicyclic) bond motifs is 1. The van der Waals surface area contributed by atoms with E-state index in [9.17, 15) is 19.6 Å². The summed E-state index contributed by atoms with van der Waals surface area (Å²) < 4.78 is 21.6. The predicted octanol–water partition coefficient (Wildman–Crippen LogP) is -4.69. The van der Waals surface area contributed by atoms with Crippen molar-refractivity contribution in [3.63, 3.8) is 0 Å². The van der Waals surface area contributed by atoms with E-state index in [0.717, 1.165) is 0 Å². The number of H-pyrrole nitrogens is 1. The molecule has 1 aliphatic heterocycles. The van der Waals surface area contributed by atoms with Crippen LogP contribution in [0.5, 0.6) is 0 Å². The number of phosphoric ester groups is 1. The number of aromatic nitrogens is 4. The van der Waals surface area contributed by atoms with Crippen LogP contribution in [0, 0.1) is 0 Å². The second-order valence-corrected chi connectivity index (χ2v) is 6.35. The number of nitrogens with two attached hydrogens (primary N) is 1. The van der Waals surface area contributed by atoms with Crippen molar-refractivity contribution in [2.75, 3.05) is 12.3 Å². The summed E-state index contributed by atoms with van der Waals surface area (Å²) in [6.07, 6.45) is -4.22. The number of hydrogen-bond acceptors (Lipinski definition) is 9. The molecule has 2 aromatic rings. The van der Waals surface area contributed by atoms with Crippen LogP contribution < -0.4 is 11.3 Å². The minimum atomic E-state index is -4.76. The molecule has 1 aliphatic rings. The molecule has 27 heavy (non-hydrogen) atoms. The summed E-state index contributed by atoms with van der Waals surface area (Å²) in [6.45, 7) is -0.651. The first-order valence-electron chi connectivity index (χ1n) is 6.61. The van der Waals surface area contributed by atoms with Gasteiger partial charge in [-0.3, -0.25) is 18.9 Å². The number of nitrogens with one attached hydrogen (secondary N) is 1. The Balaban J connectivity index is 0.00000225. The molecule has 17 heteroatoms. The molecule has 1 fully saturated rings.